The van der Waals surface area contributed by atoms with Crippen molar-refractivity contribution in [2.75, 3.05) is 0 Å². The predicted molar refractivity (Wildman–Crippen MR) is 60.9 cm³/mol. The molecule has 0 atom stereocenters. The van der Waals surface area contributed by atoms with Crippen molar-refractivity contribution in [2.45, 2.75) is 20.3 Å². The lowest BCUT2D eigenvalue weighted by Crippen LogP contribution is -2.14. The fourth-order valence-electron chi connectivity index (χ4n) is 1.68. The highest BCUT2D eigenvalue weighted by molar-refractivity contribution is 5.77. The molecule has 1 aromatic carbocycles. The van der Waals surface area contributed by atoms with E-state index in [0.29, 0.717) is 23.7 Å². The number of hydrogen-bond acceptors (Lipinski definition) is 2. The van der Waals surface area contributed by atoms with E-state index in [1.54, 1.807) is 12.1 Å². The van der Waals surface area contributed by atoms with Gasteiger partial charge in [0, 0.05) is 6.42 Å². The minimum Gasteiger partial charge on any atom is -0.310 e. The molecule has 1 heterocycles. The van der Waals surface area contributed by atoms with Crippen LogP contribution in [0.2, 0.25) is 0 Å². The molecule has 0 radical (unpaired) electrons. The van der Waals surface area contributed by atoms with Crippen LogP contribution in [-0.4, -0.2) is 9.97 Å². The predicted octanol–water partition coefficient (Wildman–Crippen LogP) is 2.26. The van der Waals surface area contributed by atoms with Gasteiger partial charge in [0.2, 0.25) is 0 Å². The fraction of sp³-hybridized carbons (Fsp3) is 0.333. The Kier molecular flexibility index (Phi) is 2.73. The topological polar surface area (TPSA) is 45.8 Å². The molecule has 0 bridgehead atoms. The normalized spacial score (nSPS) is 11.2. The molecule has 0 amide bonds. The number of rotatable bonds is 2. The van der Waals surface area contributed by atoms with Crippen molar-refractivity contribution in [2.24, 2.45) is 5.92 Å². The van der Waals surface area contributed by atoms with E-state index in [1.807, 2.05) is 13.8 Å². The summed E-state index contributed by atoms with van der Waals surface area (Å²) in [5.41, 5.74) is 0.0122. The molecule has 0 aliphatic heterocycles. The first kappa shape index (κ1) is 10.8. The van der Waals surface area contributed by atoms with Gasteiger partial charge in [-0.1, -0.05) is 19.9 Å². The van der Waals surface area contributed by atoms with Gasteiger partial charge in [-0.2, -0.15) is 0 Å². The number of nitrogens with one attached hydrogen (secondary N) is 1. The van der Waals surface area contributed by atoms with Crippen LogP contribution in [0.3, 0.4) is 0 Å². The fourth-order valence-corrected chi connectivity index (χ4v) is 1.68. The summed E-state index contributed by atoms with van der Waals surface area (Å²) in [7, 11) is 0. The number of hydrogen-bond donors (Lipinski definition) is 1. The molecule has 0 fully saturated rings. The quantitative estimate of drug-likeness (QED) is 0.843. The van der Waals surface area contributed by atoms with Gasteiger partial charge in [0.25, 0.3) is 5.56 Å². The molecular weight excluding hydrogens is 207 g/mol. The van der Waals surface area contributed by atoms with Crippen LogP contribution < -0.4 is 5.56 Å². The molecule has 16 heavy (non-hydrogen) atoms. The standard InChI is InChI=1S/C12H13FN2O/c1-7(2)6-10-14-9-5-3-4-8(13)11(9)12(16)15-10/h3-5,7H,6H2,1-2H3,(H,14,15,16). The van der Waals surface area contributed by atoms with Crippen LogP contribution in [0, 0.1) is 11.7 Å². The molecule has 0 unspecified atom stereocenters. The Labute approximate surface area is 92.3 Å². The number of H-pyrrole nitrogens is 1. The summed E-state index contributed by atoms with van der Waals surface area (Å²) in [6.45, 7) is 4.07. The molecule has 3 nitrogen and oxygen atoms in total. The second-order valence-electron chi connectivity index (χ2n) is 4.24. The molecule has 0 aliphatic rings. The van der Waals surface area contributed by atoms with Gasteiger partial charge in [-0.25, -0.2) is 9.37 Å². The first-order valence-corrected chi connectivity index (χ1v) is 5.25. The highest BCUT2D eigenvalue weighted by atomic mass is 19.1. The minimum atomic E-state index is -0.526. The third kappa shape index (κ3) is 1.96. The first-order chi connectivity index (χ1) is 7.58. The Morgan fingerprint density at radius 1 is 1.44 bits per heavy atom. The van der Waals surface area contributed by atoms with Crippen LogP contribution in [0.15, 0.2) is 23.0 Å². The highest BCUT2D eigenvalue weighted by Gasteiger charge is 2.08. The van der Waals surface area contributed by atoms with Gasteiger partial charge < -0.3 is 4.98 Å². The maximum Gasteiger partial charge on any atom is 0.261 e. The number of nitrogens with zero attached hydrogens (tertiary/aromatic N) is 1. The Hall–Kier alpha value is -1.71. The van der Waals surface area contributed by atoms with Crippen molar-refractivity contribution in [3.8, 4) is 0 Å². The average Bonchev–Trinajstić information content (AvgIpc) is 2.15. The van der Waals surface area contributed by atoms with Crippen LogP contribution >= 0.6 is 0 Å². The number of aromatic amines is 1. The zero-order valence-corrected chi connectivity index (χ0v) is 9.25. The molecule has 2 rings (SSSR count). The number of benzene rings is 1. The monoisotopic (exact) mass is 220 g/mol. The second kappa shape index (κ2) is 4.04. The molecular formula is C12H13FN2O. The average molecular weight is 220 g/mol. The summed E-state index contributed by atoms with van der Waals surface area (Å²) in [5, 5.41) is 0.0370. The van der Waals surface area contributed by atoms with E-state index >= 15 is 0 Å². The largest absolute Gasteiger partial charge is 0.310 e. The van der Waals surface area contributed by atoms with Crippen molar-refractivity contribution in [3.63, 3.8) is 0 Å². The van der Waals surface area contributed by atoms with Gasteiger partial charge in [0.05, 0.1) is 5.52 Å². The van der Waals surface area contributed by atoms with Crippen molar-refractivity contribution >= 4 is 10.9 Å². The molecule has 2 aromatic rings. The smallest absolute Gasteiger partial charge is 0.261 e. The third-order valence-electron chi connectivity index (χ3n) is 2.33. The number of fused-ring (bicyclic) bond motifs is 1. The molecule has 0 spiro atoms. The second-order valence-corrected chi connectivity index (χ2v) is 4.24. The van der Waals surface area contributed by atoms with Crippen molar-refractivity contribution in [3.05, 3.63) is 40.2 Å². The van der Waals surface area contributed by atoms with E-state index < -0.39 is 11.4 Å². The lowest BCUT2D eigenvalue weighted by Gasteiger charge is -2.05. The summed E-state index contributed by atoms with van der Waals surface area (Å²) in [6, 6.07) is 4.47. The Bertz CT molecular complexity index is 575. The van der Waals surface area contributed by atoms with E-state index in [-0.39, 0.29) is 5.39 Å². The summed E-state index contributed by atoms with van der Waals surface area (Å²) in [6.07, 6.45) is 0.682. The zero-order chi connectivity index (χ0) is 11.7. The van der Waals surface area contributed by atoms with E-state index in [4.69, 9.17) is 0 Å². The molecule has 0 saturated carbocycles. The van der Waals surface area contributed by atoms with Crippen molar-refractivity contribution in [1.29, 1.82) is 0 Å². The van der Waals surface area contributed by atoms with Crippen LogP contribution in [0.4, 0.5) is 4.39 Å². The molecule has 0 saturated heterocycles. The first-order valence-electron chi connectivity index (χ1n) is 5.25. The summed E-state index contributed by atoms with van der Waals surface area (Å²) in [5.74, 6) is 0.481. The SMILES string of the molecule is CC(C)Cc1nc2cccc(F)c2c(=O)[nH]1. The lowest BCUT2D eigenvalue weighted by molar-refractivity contribution is 0.618. The molecule has 4 heteroatoms. The zero-order valence-electron chi connectivity index (χ0n) is 9.25. The highest BCUT2D eigenvalue weighted by Crippen LogP contribution is 2.12. The molecule has 84 valence electrons. The molecule has 1 aromatic heterocycles. The van der Waals surface area contributed by atoms with Crippen LogP contribution in [0.1, 0.15) is 19.7 Å². The van der Waals surface area contributed by atoms with Crippen molar-refractivity contribution in [1.82, 2.24) is 9.97 Å². The summed E-state index contributed by atoms with van der Waals surface area (Å²) >= 11 is 0. The van der Waals surface area contributed by atoms with Gasteiger partial charge in [-0.3, -0.25) is 4.79 Å². The minimum absolute atomic E-state index is 0.0370. The van der Waals surface area contributed by atoms with Crippen molar-refractivity contribution < 1.29 is 4.39 Å². The third-order valence-corrected chi connectivity index (χ3v) is 2.33. The van der Waals surface area contributed by atoms with E-state index in [1.165, 1.54) is 6.07 Å². The number of aromatic nitrogens is 2. The Morgan fingerprint density at radius 2 is 2.19 bits per heavy atom. The summed E-state index contributed by atoms with van der Waals surface area (Å²) in [4.78, 5) is 18.5. The van der Waals surface area contributed by atoms with E-state index in [0.717, 1.165) is 0 Å². The number of halogens is 1. The Morgan fingerprint density at radius 3 is 2.88 bits per heavy atom. The van der Waals surface area contributed by atoms with Crippen LogP contribution in [0.25, 0.3) is 10.9 Å². The van der Waals surface area contributed by atoms with E-state index in [9.17, 15) is 9.18 Å². The van der Waals surface area contributed by atoms with Crippen LogP contribution in [0.5, 0.6) is 0 Å². The van der Waals surface area contributed by atoms with Crippen LogP contribution in [-0.2, 0) is 6.42 Å². The van der Waals surface area contributed by atoms with E-state index in [2.05, 4.69) is 9.97 Å². The molecule has 1 N–H and O–H groups in total. The van der Waals surface area contributed by atoms with Gasteiger partial charge in [-0.05, 0) is 18.1 Å². The van der Waals surface area contributed by atoms with Gasteiger partial charge >= 0.3 is 0 Å². The Balaban J connectivity index is 2.64. The maximum absolute atomic E-state index is 13.4. The summed E-state index contributed by atoms with van der Waals surface area (Å²) < 4.78 is 13.4. The maximum atomic E-state index is 13.4. The van der Waals surface area contributed by atoms with Gasteiger partial charge in [-0.15, -0.1) is 0 Å². The lowest BCUT2D eigenvalue weighted by atomic mass is 10.1. The van der Waals surface area contributed by atoms with Gasteiger partial charge in [0.1, 0.15) is 17.0 Å². The van der Waals surface area contributed by atoms with Gasteiger partial charge in [0.15, 0.2) is 0 Å². The molecule has 0 aliphatic carbocycles.